The van der Waals surface area contributed by atoms with E-state index in [9.17, 15) is 9.18 Å². The molecule has 2 nitrogen and oxygen atoms in total. The van der Waals surface area contributed by atoms with E-state index in [-0.39, 0.29) is 17.2 Å². The average molecular weight is 335 g/mol. The van der Waals surface area contributed by atoms with Crippen LogP contribution in [0.25, 0.3) is 0 Å². The molecular formula is C13H14BrClFNO. The minimum Gasteiger partial charge on any atom is -0.338 e. The van der Waals surface area contributed by atoms with Gasteiger partial charge in [0.2, 0.25) is 0 Å². The summed E-state index contributed by atoms with van der Waals surface area (Å²) < 4.78 is 13.8. The van der Waals surface area contributed by atoms with Gasteiger partial charge in [0.25, 0.3) is 5.91 Å². The summed E-state index contributed by atoms with van der Waals surface area (Å²) >= 11 is 9.20. The third-order valence-corrected chi connectivity index (χ3v) is 4.55. The van der Waals surface area contributed by atoms with Crippen molar-refractivity contribution < 1.29 is 9.18 Å². The van der Waals surface area contributed by atoms with Gasteiger partial charge in [-0.15, -0.1) is 11.6 Å². The SMILES string of the molecule is CC1CN(C(=O)c2ccc(Br)c(F)c2)CCC1Cl. The van der Waals surface area contributed by atoms with Gasteiger partial charge >= 0.3 is 0 Å². The molecule has 0 N–H and O–H groups in total. The third-order valence-electron chi connectivity index (χ3n) is 3.25. The van der Waals surface area contributed by atoms with Gasteiger partial charge in [-0.1, -0.05) is 6.92 Å². The lowest BCUT2D eigenvalue weighted by Crippen LogP contribution is -2.43. The van der Waals surface area contributed by atoms with Crippen molar-refractivity contribution in [2.24, 2.45) is 5.92 Å². The molecule has 1 heterocycles. The highest BCUT2D eigenvalue weighted by Crippen LogP contribution is 2.24. The van der Waals surface area contributed by atoms with Gasteiger partial charge in [-0.05, 0) is 46.5 Å². The normalized spacial score (nSPS) is 24.1. The predicted molar refractivity (Wildman–Crippen MR) is 73.4 cm³/mol. The maximum Gasteiger partial charge on any atom is 0.253 e. The Morgan fingerprint density at radius 1 is 1.56 bits per heavy atom. The number of likely N-dealkylation sites (tertiary alicyclic amines) is 1. The van der Waals surface area contributed by atoms with Gasteiger partial charge in [0.05, 0.1) is 4.47 Å². The molecule has 0 saturated carbocycles. The zero-order valence-corrected chi connectivity index (χ0v) is 12.3. The Labute approximate surface area is 119 Å². The van der Waals surface area contributed by atoms with E-state index in [2.05, 4.69) is 15.9 Å². The lowest BCUT2D eigenvalue weighted by atomic mass is 9.99. The molecule has 2 unspecified atom stereocenters. The molecule has 0 aliphatic carbocycles. The summed E-state index contributed by atoms with van der Waals surface area (Å²) in [5.74, 6) is -0.275. The Hall–Kier alpha value is -0.610. The fraction of sp³-hybridized carbons (Fsp3) is 0.462. The molecule has 1 aromatic carbocycles. The number of halogens is 3. The topological polar surface area (TPSA) is 20.3 Å². The maximum absolute atomic E-state index is 13.4. The quantitative estimate of drug-likeness (QED) is 0.718. The number of hydrogen-bond donors (Lipinski definition) is 0. The minimum atomic E-state index is -0.416. The van der Waals surface area contributed by atoms with Crippen LogP contribution in [0.2, 0.25) is 0 Å². The minimum absolute atomic E-state index is 0.121. The first kappa shape index (κ1) is 13.8. The van der Waals surface area contributed by atoms with E-state index in [0.29, 0.717) is 23.1 Å². The van der Waals surface area contributed by atoms with Gasteiger partial charge in [-0.2, -0.15) is 0 Å². The van der Waals surface area contributed by atoms with Crippen molar-refractivity contribution >= 4 is 33.4 Å². The molecule has 1 aliphatic heterocycles. The van der Waals surface area contributed by atoms with Gasteiger partial charge in [0.15, 0.2) is 0 Å². The Bertz CT molecular complexity index is 468. The highest BCUT2D eigenvalue weighted by Gasteiger charge is 2.27. The van der Waals surface area contributed by atoms with Crippen molar-refractivity contribution in [1.29, 1.82) is 0 Å². The first-order valence-corrected chi connectivity index (χ1v) is 7.10. The molecule has 18 heavy (non-hydrogen) atoms. The molecule has 98 valence electrons. The molecule has 1 aliphatic rings. The third kappa shape index (κ3) is 2.86. The van der Waals surface area contributed by atoms with Gasteiger partial charge in [-0.3, -0.25) is 4.79 Å². The molecule has 1 amide bonds. The number of nitrogens with zero attached hydrogens (tertiary/aromatic N) is 1. The molecule has 5 heteroatoms. The molecule has 1 aromatic rings. The number of amides is 1. The van der Waals surface area contributed by atoms with Crippen LogP contribution in [0, 0.1) is 11.7 Å². The molecule has 0 spiro atoms. The van der Waals surface area contributed by atoms with Crippen LogP contribution >= 0.6 is 27.5 Å². The second-order valence-electron chi connectivity index (χ2n) is 4.66. The fourth-order valence-corrected chi connectivity index (χ4v) is 2.54. The van der Waals surface area contributed by atoms with Gasteiger partial charge in [-0.25, -0.2) is 4.39 Å². The van der Waals surface area contributed by atoms with Crippen LogP contribution in [-0.4, -0.2) is 29.3 Å². The zero-order valence-electron chi connectivity index (χ0n) is 10.00. The highest BCUT2D eigenvalue weighted by atomic mass is 79.9. The summed E-state index contributed by atoms with van der Waals surface area (Å²) in [4.78, 5) is 14.0. The van der Waals surface area contributed by atoms with Crippen LogP contribution in [0.1, 0.15) is 23.7 Å². The fourth-order valence-electron chi connectivity index (χ4n) is 2.11. The molecule has 0 bridgehead atoms. The number of carbonyl (C=O) groups excluding carboxylic acids is 1. The Morgan fingerprint density at radius 3 is 2.89 bits per heavy atom. The second-order valence-corrected chi connectivity index (χ2v) is 6.08. The second kappa shape index (κ2) is 5.57. The van der Waals surface area contributed by atoms with E-state index in [0.717, 1.165) is 6.42 Å². The molecule has 1 fully saturated rings. The van der Waals surface area contributed by atoms with Crippen molar-refractivity contribution in [2.75, 3.05) is 13.1 Å². The molecule has 0 aromatic heterocycles. The first-order valence-electron chi connectivity index (χ1n) is 5.87. The van der Waals surface area contributed by atoms with E-state index >= 15 is 0 Å². The number of benzene rings is 1. The zero-order chi connectivity index (χ0) is 13.3. The van der Waals surface area contributed by atoms with Gasteiger partial charge < -0.3 is 4.90 Å². The summed E-state index contributed by atoms with van der Waals surface area (Å²) in [6, 6.07) is 4.46. The van der Waals surface area contributed by atoms with Crippen LogP contribution in [0.5, 0.6) is 0 Å². The van der Waals surface area contributed by atoms with Gasteiger partial charge in [0.1, 0.15) is 5.82 Å². The monoisotopic (exact) mass is 333 g/mol. The average Bonchev–Trinajstić information content (AvgIpc) is 2.35. The van der Waals surface area contributed by atoms with Gasteiger partial charge in [0, 0.05) is 24.0 Å². The van der Waals surface area contributed by atoms with Crippen molar-refractivity contribution in [2.45, 2.75) is 18.7 Å². The predicted octanol–water partition coefficient (Wildman–Crippen LogP) is 3.68. The van der Waals surface area contributed by atoms with Crippen molar-refractivity contribution in [3.8, 4) is 0 Å². The summed E-state index contributed by atoms with van der Waals surface area (Å²) in [5.41, 5.74) is 0.385. The molecule has 0 radical (unpaired) electrons. The smallest absolute Gasteiger partial charge is 0.253 e. The maximum atomic E-state index is 13.4. The number of rotatable bonds is 1. The Kier molecular flexibility index (Phi) is 4.28. The van der Waals surface area contributed by atoms with Crippen molar-refractivity contribution in [3.05, 3.63) is 34.1 Å². The van der Waals surface area contributed by atoms with Crippen molar-refractivity contribution in [1.82, 2.24) is 4.90 Å². The lowest BCUT2D eigenvalue weighted by molar-refractivity contribution is 0.0686. The lowest BCUT2D eigenvalue weighted by Gasteiger charge is -2.34. The van der Waals surface area contributed by atoms with Crippen LogP contribution in [0.15, 0.2) is 22.7 Å². The van der Waals surface area contributed by atoms with E-state index in [4.69, 9.17) is 11.6 Å². The highest BCUT2D eigenvalue weighted by molar-refractivity contribution is 9.10. The van der Waals surface area contributed by atoms with E-state index < -0.39 is 5.82 Å². The summed E-state index contributed by atoms with van der Waals surface area (Å²) in [7, 11) is 0. The number of hydrogen-bond acceptors (Lipinski definition) is 1. The van der Waals surface area contributed by atoms with Crippen LogP contribution in [-0.2, 0) is 0 Å². The molecular weight excluding hydrogens is 321 g/mol. The van der Waals surface area contributed by atoms with E-state index in [1.54, 1.807) is 17.0 Å². The number of carbonyl (C=O) groups is 1. The first-order chi connectivity index (χ1) is 8.49. The van der Waals surface area contributed by atoms with E-state index in [1.165, 1.54) is 6.07 Å². The number of alkyl halides is 1. The van der Waals surface area contributed by atoms with Crippen LogP contribution < -0.4 is 0 Å². The summed E-state index contributed by atoms with van der Waals surface area (Å²) in [6.45, 7) is 3.29. The van der Waals surface area contributed by atoms with Crippen LogP contribution in [0.3, 0.4) is 0 Å². The molecule has 2 atom stereocenters. The molecule has 2 rings (SSSR count). The summed E-state index contributed by atoms with van der Waals surface area (Å²) in [6.07, 6.45) is 0.785. The standard InChI is InChI=1S/C13H14BrClFNO/c1-8-7-17(5-4-11(8)15)13(18)9-2-3-10(14)12(16)6-9/h2-3,6,8,11H,4-5,7H2,1H3. The largest absolute Gasteiger partial charge is 0.338 e. The Balaban J connectivity index is 2.14. The Morgan fingerprint density at radius 2 is 2.28 bits per heavy atom. The van der Waals surface area contributed by atoms with Crippen LogP contribution in [0.4, 0.5) is 4.39 Å². The summed E-state index contributed by atoms with van der Waals surface area (Å²) in [5, 5.41) is 0.121. The molecule has 1 saturated heterocycles. The van der Waals surface area contributed by atoms with Crippen molar-refractivity contribution in [3.63, 3.8) is 0 Å². The van der Waals surface area contributed by atoms with E-state index in [1.807, 2.05) is 6.92 Å². The number of piperidine rings is 1.